The number of carbonyl (C=O) groups excluding carboxylic acids is 2. The fourth-order valence-electron chi connectivity index (χ4n) is 2.12. The summed E-state index contributed by atoms with van der Waals surface area (Å²) < 4.78 is 4.89. The van der Waals surface area contributed by atoms with E-state index in [2.05, 4.69) is 5.32 Å². The van der Waals surface area contributed by atoms with E-state index in [4.69, 9.17) is 27.9 Å². The molecule has 0 saturated carbocycles. The third-order valence-electron chi connectivity index (χ3n) is 3.52. The summed E-state index contributed by atoms with van der Waals surface area (Å²) >= 11 is 11.6. The monoisotopic (exact) mass is 396 g/mol. The second-order valence-corrected chi connectivity index (χ2v) is 6.37. The average molecular weight is 397 g/mol. The number of ether oxygens (including phenoxy) is 1. The maximum absolute atomic E-state index is 12.0. The molecule has 0 heterocycles. The lowest BCUT2D eigenvalue weighted by molar-refractivity contribution is -0.384. The summed E-state index contributed by atoms with van der Waals surface area (Å²) in [6.45, 7) is 2.87. The lowest BCUT2D eigenvalue weighted by atomic mass is 10.1. The Kier molecular flexibility index (Phi) is 6.18. The highest BCUT2D eigenvalue weighted by molar-refractivity contribution is 6.35. The number of hydrogen-bond acceptors (Lipinski definition) is 5. The van der Waals surface area contributed by atoms with Gasteiger partial charge in [0.15, 0.2) is 6.61 Å². The van der Waals surface area contributed by atoms with Crippen LogP contribution in [0.4, 0.5) is 11.4 Å². The Balaban J connectivity index is 2.06. The van der Waals surface area contributed by atoms with Crippen LogP contribution in [-0.2, 0) is 9.53 Å². The van der Waals surface area contributed by atoms with Crippen molar-refractivity contribution in [1.29, 1.82) is 0 Å². The molecular weight excluding hydrogens is 383 g/mol. The highest BCUT2D eigenvalue weighted by Crippen LogP contribution is 2.28. The van der Waals surface area contributed by atoms with Gasteiger partial charge in [-0.05, 0) is 49.2 Å². The molecule has 0 atom stereocenters. The van der Waals surface area contributed by atoms with Gasteiger partial charge in [0.1, 0.15) is 5.69 Å². The molecule has 0 saturated heterocycles. The number of nitrogens with one attached hydrogen (secondary N) is 1. The summed E-state index contributed by atoms with van der Waals surface area (Å²) in [6.07, 6.45) is 0. The average Bonchev–Trinajstić information content (AvgIpc) is 2.54. The number of amides is 1. The number of halogens is 2. The van der Waals surface area contributed by atoms with Gasteiger partial charge < -0.3 is 10.1 Å². The third-order valence-corrected chi connectivity index (χ3v) is 3.95. The molecule has 1 amide bonds. The van der Waals surface area contributed by atoms with E-state index in [0.29, 0.717) is 0 Å². The van der Waals surface area contributed by atoms with Crippen molar-refractivity contribution in [3.63, 3.8) is 0 Å². The number of anilines is 1. The number of nitro groups is 1. The molecule has 0 aromatic heterocycles. The van der Waals surface area contributed by atoms with Crippen molar-refractivity contribution in [3.8, 4) is 0 Å². The Morgan fingerprint density at radius 1 is 1.08 bits per heavy atom. The Morgan fingerprint density at radius 2 is 1.65 bits per heavy atom. The number of benzene rings is 2. The largest absolute Gasteiger partial charge is 0.452 e. The molecule has 0 unspecified atom stereocenters. The second kappa shape index (κ2) is 8.16. The first-order chi connectivity index (χ1) is 12.2. The fraction of sp³-hybridized carbons (Fsp3) is 0.176. The minimum absolute atomic E-state index is 0.0324. The van der Waals surface area contributed by atoms with E-state index >= 15 is 0 Å². The maximum Gasteiger partial charge on any atom is 0.338 e. The number of aryl methyl sites for hydroxylation is 2. The van der Waals surface area contributed by atoms with Gasteiger partial charge in [-0.3, -0.25) is 14.9 Å². The number of carbonyl (C=O) groups is 2. The molecule has 2 aromatic carbocycles. The van der Waals surface area contributed by atoms with Gasteiger partial charge in [-0.2, -0.15) is 0 Å². The number of hydrogen-bond donors (Lipinski definition) is 1. The standard InChI is InChI=1S/C17H14Cl2N2O5/c1-9-3-14(15(21(24)25)4-10(9)2)20-16(22)8-26-17(23)11-5-12(18)7-13(19)6-11/h3-7H,8H2,1-2H3,(H,20,22). The van der Waals surface area contributed by atoms with Gasteiger partial charge in [0.05, 0.1) is 10.5 Å². The van der Waals surface area contributed by atoms with Crippen molar-refractivity contribution in [1.82, 2.24) is 0 Å². The van der Waals surface area contributed by atoms with Crippen LogP contribution < -0.4 is 5.32 Å². The summed E-state index contributed by atoms with van der Waals surface area (Å²) in [6, 6.07) is 7.00. The fourth-order valence-corrected chi connectivity index (χ4v) is 2.65. The normalized spacial score (nSPS) is 10.3. The van der Waals surface area contributed by atoms with E-state index < -0.39 is 23.4 Å². The Labute approximate surface area is 159 Å². The van der Waals surface area contributed by atoms with E-state index in [-0.39, 0.29) is 27.0 Å². The zero-order chi connectivity index (χ0) is 19.4. The summed E-state index contributed by atoms with van der Waals surface area (Å²) in [5, 5.41) is 14.0. The van der Waals surface area contributed by atoms with Crippen LogP contribution in [0.1, 0.15) is 21.5 Å². The lowest BCUT2D eigenvalue weighted by Crippen LogP contribution is -2.21. The van der Waals surface area contributed by atoms with E-state index in [1.165, 1.54) is 30.3 Å². The van der Waals surface area contributed by atoms with Crippen molar-refractivity contribution >= 4 is 46.5 Å². The Hall–Kier alpha value is -2.64. The first kappa shape index (κ1) is 19.7. The van der Waals surface area contributed by atoms with Crippen LogP contribution >= 0.6 is 23.2 Å². The van der Waals surface area contributed by atoms with Crippen LogP contribution in [0.25, 0.3) is 0 Å². The van der Waals surface area contributed by atoms with Crippen molar-refractivity contribution in [2.24, 2.45) is 0 Å². The van der Waals surface area contributed by atoms with Crippen molar-refractivity contribution in [2.45, 2.75) is 13.8 Å². The molecule has 0 aliphatic heterocycles. The molecule has 9 heteroatoms. The summed E-state index contributed by atoms with van der Waals surface area (Å²) in [4.78, 5) is 34.5. The molecule has 2 aromatic rings. The number of nitro benzene ring substituents is 1. The van der Waals surface area contributed by atoms with Gasteiger partial charge in [0.25, 0.3) is 11.6 Å². The molecule has 136 valence electrons. The maximum atomic E-state index is 12.0. The number of nitrogens with zero attached hydrogens (tertiary/aromatic N) is 1. The van der Waals surface area contributed by atoms with E-state index in [9.17, 15) is 19.7 Å². The SMILES string of the molecule is Cc1cc(NC(=O)COC(=O)c2cc(Cl)cc(Cl)c2)c([N+](=O)[O-])cc1C. The Bertz CT molecular complexity index is 879. The molecule has 1 N–H and O–H groups in total. The number of rotatable bonds is 5. The molecule has 2 rings (SSSR count). The minimum Gasteiger partial charge on any atom is -0.452 e. The van der Waals surface area contributed by atoms with Crippen LogP contribution in [-0.4, -0.2) is 23.4 Å². The molecular formula is C17H14Cl2N2O5. The molecule has 0 bridgehead atoms. The molecule has 0 aliphatic rings. The van der Waals surface area contributed by atoms with Crippen LogP contribution in [0, 0.1) is 24.0 Å². The van der Waals surface area contributed by atoms with Crippen LogP contribution in [0.3, 0.4) is 0 Å². The van der Waals surface area contributed by atoms with E-state index in [0.717, 1.165) is 11.1 Å². The zero-order valence-electron chi connectivity index (χ0n) is 13.8. The smallest absolute Gasteiger partial charge is 0.338 e. The van der Waals surface area contributed by atoms with Crippen molar-refractivity contribution < 1.29 is 19.2 Å². The second-order valence-electron chi connectivity index (χ2n) is 5.49. The van der Waals surface area contributed by atoms with Gasteiger partial charge in [-0.25, -0.2) is 4.79 Å². The molecule has 7 nitrogen and oxygen atoms in total. The quantitative estimate of drug-likeness (QED) is 0.461. The van der Waals surface area contributed by atoms with Crippen LogP contribution in [0.15, 0.2) is 30.3 Å². The lowest BCUT2D eigenvalue weighted by Gasteiger charge is -2.09. The summed E-state index contributed by atoms with van der Waals surface area (Å²) in [7, 11) is 0. The molecule has 0 fully saturated rings. The van der Waals surface area contributed by atoms with Gasteiger partial charge in [0.2, 0.25) is 0 Å². The topological polar surface area (TPSA) is 98.5 Å². The van der Waals surface area contributed by atoms with Crippen LogP contribution in [0.5, 0.6) is 0 Å². The molecule has 0 aliphatic carbocycles. The Morgan fingerprint density at radius 3 is 2.23 bits per heavy atom. The molecule has 26 heavy (non-hydrogen) atoms. The summed E-state index contributed by atoms with van der Waals surface area (Å²) in [5.41, 5.74) is 1.38. The molecule has 0 spiro atoms. The zero-order valence-corrected chi connectivity index (χ0v) is 15.4. The third kappa shape index (κ3) is 4.93. The number of esters is 1. The first-order valence-electron chi connectivity index (χ1n) is 7.36. The van der Waals surface area contributed by atoms with Crippen LogP contribution in [0.2, 0.25) is 10.0 Å². The highest BCUT2D eigenvalue weighted by Gasteiger charge is 2.19. The van der Waals surface area contributed by atoms with Gasteiger partial charge in [-0.1, -0.05) is 23.2 Å². The van der Waals surface area contributed by atoms with Crippen molar-refractivity contribution in [3.05, 3.63) is 67.2 Å². The highest BCUT2D eigenvalue weighted by atomic mass is 35.5. The van der Waals surface area contributed by atoms with Gasteiger partial charge in [0, 0.05) is 16.1 Å². The van der Waals surface area contributed by atoms with Crippen molar-refractivity contribution in [2.75, 3.05) is 11.9 Å². The summed E-state index contributed by atoms with van der Waals surface area (Å²) in [5.74, 6) is -1.50. The first-order valence-corrected chi connectivity index (χ1v) is 8.11. The molecule has 0 radical (unpaired) electrons. The predicted octanol–water partition coefficient (Wildman–Crippen LogP) is 4.31. The predicted molar refractivity (Wildman–Crippen MR) is 97.9 cm³/mol. The van der Waals surface area contributed by atoms with E-state index in [1.807, 2.05) is 0 Å². The van der Waals surface area contributed by atoms with Gasteiger partial charge in [-0.15, -0.1) is 0 Å². The van der Waals surface area contributed by atoms with E-state index in [1.54, 1.807) is 13.8 Å². The minimum atomic E-state index is -0.792. The van der Waals surface area contributed by atoms with Gasteiger partial charge >= 0.3 is 5.97 Å².